The van der Waals surface area contributed by atoms with Crippen LogP contribution in [0.3, 0.4) is 0 Å². The van der Waals surface area contributed by atoms with Gasteiger partial charge in [0.1, 0.15) is 6.54 Å². The second-order valence-electron chi connectivity index (χ2n) is 5.50. The molecule has 1 aromatic carbocycles. The summed E-state index contributed by atoms with van der Waals surface area (Å²) in [6, 6.07) is 7.62. The Morgan fingerprint density at radius 3 is 2.64 bits per heavy atom. The highest BCUT2D eigenvalue weighted by Gasteiger charge is 2.15. The van der Waals surface area contributed by atoms with Crippen LogP contribution in [0.1, 0.15) is 20.8 Å². The van der Waals surface area contributed by atoms with Gasteiger partial charge in [0.05, 0.1) is 26.0 Å². The van der Waals surface area contributed by atoms with Gasteiger partial charge in [-0.2, -0.15) is 4.99 Å². The zero-order valence-corrected chi connectivity index (χ0v) is 17.0. The zero-order valence-electron chi connectivity index (χ0n) is 13.8. The number of methoxy groups -OCH3 is 1. The summed E-state index contributed by atoms with van der Waals surface area (Å²) < 4.78 is 8.41. The van der Waals surface area contributed by atoms with E-state index in [0.29, 0.717) is 9.68 Å². The van der Waals surface area contributed by atoms with Crippen LogP contribution < -0.4 is 4.80 Å². The van der Waals surface area contributed by atoms with E-state index in [-0.39, 0.29) is 18.4 Å². The van der Waals surface area contributed by atoms with Crippen molar-refractivity contribution in [3.8, 4) is 0 Å². The molecule has 5 nitrogen and oxygen atoms in total. The van der Waals surface area contributed by atoms with Gasteiger partial charge in [0.25, 0.3) is 5.91 Å². The SMILES string of the molecule is COC(=O)Cn1c(=NC(=O)c2ccc(Br)s2)sc2cc(C)cc(C)c21. The molecular weight excluding hydrogens is 424 g/mol. The molecule has 2 heterocycles. The first-order valence-corrected chi connectivity index (χ1v) is 9.83. The van der Waals surface area contributed by atoms with Gasteiger partial charge in [-0.05, 0) is 59.1 Å². The number of benzene rings is 1. The molecule has 8 heteroatoms. The molecule has 3 rings (SSSR count). The van der Waals surface area contributed by atoms with Crippen LogP contribution in [-0.2, 0) is 16.1 Å². The van der Waals surface area contributed by atoms with Crippen molar-refractivity contribution in [2.45, 2.75) is 20.4 Å². The molecule has 0 saturated heterocycles. The van der Waals surface area contributed by atoms with Crippen LogP contribution in [0.2, 0.25) is 0 Å². The molecule has 2 aromatic heterocycles. The topological polar surface area (TPSA) is 60.7 Å². The van der Waals surface area contributed by atoms with E-state index in [1.165, 1.54) is 29.8 Å². The van der Waals surface area contributed by atoms with Crippen molar-refractivity contribution in [1.82, 2.24) is 4.57 Å². The molecule has 0 saturated carbocycles. The Labute approximate surface area is 160 Å². The largest absolute Gasteiger partial charge is 0.468 e. The zero-order chi connectivity index (χ0) is 18.1. The molecule has 0 aliphatic heterocycles. The smallest absolute Gasteiger partial charge is 0.325 e. The highest BCUT2D eigenvalue weighted by atomic mass is 79.9. The van der Waals surface area contributed by atoms with Crippen LogP contribution in [0, 0.1) is 13.8 Å². The van der Waals surface area contributed by atoms with Crippen molar-refractivity contribution >= 4 is 60.7 Å². The number of hydrogen-bond acceptors (Lipinski definition) is 5. The lowest BCUT2D eigenvalue weighted by atomic mass is 10.1. The number of aromatic nitrogens is 1. The Balaban J connectivity index is 2.20. The average Bonchev–Trinajstić information content (AvgIpc) is 3.11. The fraction of sp³-hybridized carbons (Fsp3) is 0.235. The van der Waals surface area contributed by atoms with Crippen LogP contribution in [0.25, 0.3) is 10.2 Å². The van der Waals surface area contributed by atoms with Crippen LogP contribution in [0.15, 0.2) is 33.0 Å². The molecule has 0 atom stereocenters. The summed E-state index contributed by atoms with van der Waals surface area (Å²) in [4.78, 5) is 29.6. The maximum absolute atomic E-state index is 12.5. The van der Waals surface area contributed by atoms with E-state index in [1.807, 2.05) is 32.0 Å². The molecule has 0 bridgehead atoms. The average molecular weight is 439 g/mol. The molecule has 25 heavy (non-hydrogen) atoms. The third-order valence-corrected chi connectivity index (χ3v) is 6.24. The lowest BCUT2D eigenvalue weighted by Crippen LogP contribution is -2.22. The third-order valence-electron chi connectivity index (χ3n) is 3.61. The molecule has 1 amide bonds. The molecule has 0 radical (unpaired) electrons. The minimum Gasteiger partial charge on any atom is -0.468 e. The fourth-order valence-corrected chi connectivity index (χ4v) is 5.06. The summed E-state index contributed by atoms with van der Waals surface area (Å²) in [5.74, 6) is -0.706. The summed E-state index contributed by atoms with van der Waals surface area (Å²) in [5, 5.41) is 0. The van der Waals surface area contributed by atoms with Crippen LogP contribution in [0.4, 0.5) is 0 Å². The minimum absolute atomic E-state index is 0.0145. The normalized spacial score (nSPS) is 11.9. The van der Waals surface area contributed by atoms with Gasteiger partial charge in [-0.1, -0.05) is 17.4 Å². The first-order valence-electron chi connectivity index (χ1n) is 7.41. The number of thiophene rings is 1. The van der Waals surface area contributed by atoms with Gasteiger partial charge >= 0.3 is 5.97 Å². The predicted molar refractivity (Wildman–Crippen MR) is 103 cm³/mol. The van der Waals surface area contributed by atoms with Crippen molar-refractivity contribution in [1.29, 1.82) is 0 Å². The number of fused-ring (bicyclic) bond motifs is 1. The van der Waals surface area contributed by atoms with Gasteiger partial charge in [-0.25, -0.2) is 0 Å². The monoisotopic (exact) mass is 438 g/mol. The van der Waals surface area contributed by atoms with Gasteiger partial charge in [0, 0.05) is 0 Å². The maximum atomic E-state index is 12.5. The van der Waals surface area contributed by atoms with Crippen LogP contribution in [0.5, 0.6) is 0 Å². The Morgan fingerprint density at radius 2 is 2.00 bits per heavy atom. The van der Waals surface area contributed by atoms with Crippen molar-refractivity contribution in [3.05, 3.63) is 48.9 Å². The number of halogens is 1. The van der Waals surface area contributed by atoms with Crippen molar-refractivity contribution < 1.29 is 14.3 Å². The van der Waals surface area contributed by atoms with E-state index in [0.717, 1.165) is 25.1 Å². The van der Waals surface area contributed by atoms with E-state index in [2.05, 4.69) is 20.9 Å². The van der Waals surface area contributed by atoms with E-state index in [4.69, 9.17) is 4.74 Å². The number of amides is 1. The quantitative estimate of drug-likeness (QED) is 0.579. The molecule has 0 unspecified atom stereocenters. The number of rotatable bonds is 3. The minimum atomic E-state index is -0.382. The maximum Gasteiger partial charge on any atom is 0.325 e. The molecule has 130 valence electrons. The van der Waals surface area contributed by atoms with E-state index in [1.54, 1.807) is 10.6 Å². The first kappa shape index (κ1) is 18.0. The molecule has 0 aliphatic carbocycles. The standard InChI is InChI=1S/C17H15BrN2O3S2/c1-9-6-10(2)15-12(7-9)25-17(20(15)8-14(21)23-3)19-16(22)11-4-5-13(18)24-11/h4-7H,8H2,1-3H3. The van der Waals surface area contributed by atoms with Gasteiger partial charge in [0.15, 0.2) is 4.80 Å². The van der Waals surface area contributed by atoms with E-state index >= 15 is 0 Å². The lowest BCUT2D eigenvalue weighted by Gasteiger charge is -2.06. The number of thiazole rings is 1. The number of carbonyl (C=O) groups is 2. The third kappa shape index (κ3) is 3.75. The molecule has 0 spiro atoms. The van der Waals surface area contributed by atoms with Crippen molar-refractivity contribution in [3.63, 3.8) is 0 Å². The summed E-state index contributed by atoms with van der Waals surface area (Å²) in [7, 11) is 1.35. The van der Waals surface area contributed by atoms with E-state index < -0.39 is 0 Å². The Morgan fingerprint density at radius 1 is 1.24 bits per heavy atom. The molecular formula is C17H15BrN2O3S2. The number of hydrogen-bond donors (Lipinski definition) is 0. The first-order chi connectivity index (χ1) is 11.9. The van der Waals surface area contributed by atoms with Crippen molar-refractivity contribution in [2.24, 2.45) is 4.99 Å². The highest BCUT2D eigenvalue weighted by molar-refractivity contribution is 9.11. The Bertz CT molecular complexity index is 1050. The van der Waals surface area contributed by atoms with Crippen molar-refractivity contribution in [2.75, 3.05) is 7.11 Å². The van der Waals surface area contributed by atoms with Gasteiger partial charge in [0.2, 0.25) is 0 Å². The Hall–Kier alpha value is -1.77. The van der Waals surface area contributed by atoms with Crippen LogP contribution >= 0.6 is 38.6 Å². The highest BCUT2D eigenvalue weighted by Crippen LogP contribution is 2.25. The van der Waals surface area contributed by atoms with Gasteiger partial charge < -0.3 is 9.30 Å². The second kappa shape index (κ2) is 7.23. The number of esters is 1. The molecule has 0 N–H and O–H groups in total. The number of carbonyl (C=O) groups excluding carboxylic acids is 2. The summed E-state index contributed by atoms with van der Waals surface area (Å²) >= 11 is 6.07. The number of aryl methyl sites for hydroxylation is 2. The van der Waals surface area contributed by atoms with Crippen LogP contribution in [-0.4, -0.2) is 23.6 Å². The summed E-state index contributed by atoms with van der Waals surface area (Å²) in [6.07, 6.45) is 0. The second-order valence-corrected chi connectivity index (χ2v) is 8.97. The molecule has 0 fully saturated rings. The molecule has 0 aliphatic rings. The number of ether oxygens (including phenoxy) is 1. The fourth-order valence-electron chi connectivity index (χ4n) is 2.59. The Kier molecular flexibility index (Phi) is 5.21. The predicted octanol–water partition coefficient (Wildman–Crippen LogP) is 4.06. The molecule has 3 aromatic rings. The summed E-state index contributed by atoms with van der Waals surface area (Å²) in [6.45, 7) is 4.01. The van der Waals surface area contributed by atoms with E-state index in [9.17, 15) is 9.59 Å². The van der Waals surface area contributed by atoms with Gasteiger partial charge in [-0.15, -0.1) is 11.3 Å². The summed E-state index contributed by atoms with van der Waals surface area (Å²) in [5.41, 5.74) is 3.05. The number of nitrogens with zero attached hydrogens (tertiary/aromatic N) is 2. The van der Waals surface area contributed by atoms with Gasteiger partial charge in [-0.3, -0.25) is 9.59 Å². The lowest BCUT2D eigenvalue weighted by molar-refractivity contribution is -0.141.